The Hall–Kier alpha value is -3.17. The van der Waals surface area contributed by atoms with Crippen LogP contribution in [0.15, 0.2) is 42.4 Å². The Kier molecular flexibility index (Phi) is 6.34. The van der Waals surface area contributed by atoms with Gasteiger partial charge in [0.05, 0.1) is 18.8 Å². The molecule has 4 rings (SSSR count). The molecule has 31 heavy (non-hydrogen) atoms. The van der Waals surface area contributed by atoms with Crippen LogP contribution in [0.5, 0.6) is 0 Å². The Balaban J connectivity index is 1.30. The van der Waals surface area contributed by atoms with Gasteiger partial charge in [0, 0.05) is 42.7 Å². The summed E-state index contributed by atoms with van der Waals surface area (Å²) in [6, 6.07) is 8.79. The maximum Gasteiger partial charge on any atom is 0.252 e. The van der Waals surface area contributed by atoms with Crippen LogP contribution in [-0.2, 0) is 35.5 Å². The fourth-order valence-electron chi connectivity index (χ4n) is 4.08. The maximum absolute atomic E-state index is 12.8. The minimum absolute atomic E-state index is 0.0711. The molecule has 1 unspecified atom stereocenters. The minimum Gasteiger partial charge on any atom is -0.401 e. The molecule has 1 aliphatic heterocycles. The molecule has 2 aliphatic rings. The normalized spacial score (nSPS) is 16.7. The van der Waals surface area contributed by atoms with Crippen LogP contribution in [0, 0.1) is 0 Å². The highest BCUT2D eigenvalue weighted by atomic mass is 16.5. The molecular weight excluding hydrogens is 394 g/mol. The number of carbonyl (C=O) groups excluding carboxylic acids is 1. The van der Waals surface area contributed by atoms with E-state index in [-0.39, 0.29) is 5.91 Å². The van der Waals surface area contributed by atoms with Crippen LogP contribution in [0.1, 0.15) is 35.7 Å². The van der Waals surface area contributed by atoms with Crippen molar-refractivity contribution in [2.75, 3.05) is 11.9 Å². The molecule has 0 saturated heterocycles. The Morgan fingerprint density at radius 2 is 2.03 bits per heavy atom. The fraction of sp³-hybridized carbons (Fsp3) is 0.409. The summed E-state index contributed by atoms with van der Waals surface area (Å²) in [5, 5.41) is 3.45. The number of nitrogens with two attached hydrogens (primary N) is 2. The lowest BCUT2D eigenvalue weighted by atomic mass is 10.1. The number of benzene rings is 1. The third kappa shape index (κ3) is 4.95. The number of rotatable bonds is 8. The first-order valence-electron chi connectivity index (χ1n) is 10.5. The molecule has 1 amide bonds. The van der Waals surface area contributed by atoms with Crippen LogP contribution in [-0.4, -0.2) is 39.5 Å². The van der Waals surface area contributed by atoms with E-state index in [1.54, 1.807) is 11.8 Å². The number of anilines is 1. The predicted octanol–water partition coefficient (Wildman–Crippen LogP) is 0.957. The summed E-state index contributed by atoms with van der Waals surface area (Å²) in [4.78, 5) is 23.7. The summed E-state index contributed by atoms with van der Waals surface area (Å²) in [6.45, 7) is 3.05. The zero-order chi connectivity index (χ0) is 21.8. The van der Waals surface area contributed by atoms with Crippen LogP contribution in [0.3, 0.4) is 0 Å². The number of hydrazine groups is 1. The first kappa shape index (κ1) is 21.1. The average molecular weight is 424 g/mol. The summed E-state index contributed by atoms with van der Waals surface area (Å²) in [7, 11) is 0. The van der Waals surface area contributed by atoms with Crippen molar-refractivity contribution in [3.05, 3.63) is 64.7 Å². The van der Waals surface area contributed by atoms with E-state index in [1.807, 2.05) is 6.20 Å². The summed E-state index contributed by atoms with van der Waals surface area (Å²) in [5.74, 6) is 5.73. The number of aromatic nitrogens is 2. The van der Waals surface area contributed by atoms with Gasteiger partial charge in [-0.2, -0.15) is 0 Å². The molecular formula is C22H29N7O2. The number of nitrogens with zero attached hydrogens (tertiary/aromatic N) is 3. The monoisotopic (exact) mass is 423 g/mol. The third-order valence-electron chi connectivity index (χ3n) is 5.73. The number of fused-ring (bicyclic) bond motifs is 2. The van der Waals surface area contributed by atoms with Crippen molar-refractivity contribution in [2.45, 2.75) is 51.4 Å². The van der Waals surface area contributed by atoms with E-state index in [4.69, 9.17) is 16.3 Å². The highest BCUT2D eigenvalue weighted by Crippen LogP contribution is 2.26. The van der Waals surface area contributed by atoms with Gasteiger partial charge in [0.25, 0.3) is 5.91 Å². The molecule has 1 aromatic heterocycles. The van der Waals surface area contributed by atoms with Crippen LogP contribution >= 0.6 is 0 Å². The second-order valence-electron chi connectivity index (χ2n) is 8.03. The molecule has 1 atom stereocenters. The van der Waals surface area contributed by atoms with E-state index in [0.717, 1.165) is 24.1 Å². The zero-order valence-electron chi connectivity index (χ0n) is 17.7. The molecule has 0 spiro atoms. The van der Waals surface area contributed by atoms with Gasteiger partial charge in [0.2, 0.25) is 5.95 Å². The van der Waals surface area contributed by atoms with Crippen molar-refractivity contribution < 1.29 is 9.53 Å². The summed E-state index contributed by atoms with van der Waals surface area (Å²) in [5.41, 5.74) is 13.3. The lowest BCUT2D eigenvalue weighted by molar-refractivity contribution is -0.143. The Labute approximate surface area is 181 Å². The third-order valence-corrected chi connectivity index (χ3v) is 5.73. The topological polar surface area (TPSA) is 131 Å². The molecule has 2 aromatic rings. The molecule has 1 aliphatic carbocycles. The predicted molar refractivity (Wildman–Crippen MR) is 117 cm³/mol. The van der Waals surface area contributed by atoms with Gasteiger partial charge in [0.15, 0.2) is 0 Å². The number of ether oxygens (including phenoxy) is 1. The Morgan fingerprint density at radius 1 is 1.29 bits per heavy atom. The van der Waals surface area contributed by atoms with Crippen molar-refractivity contribution in [1.29, 1.82) is 0 Å². The quantitative estimate of drug-likeness (QED) is 0.365. The number of hydrogen-bond acceptors (Lipinski definition) is 8. The second kappa shape index (κ2) is 9.32. The molecule has 0 bridgehead atoms. The van der Waals surface area contributed by atoms with Crippen molar-refractivity contribution in [3.8, 4) is 0 Å². The van der Waals surface area contributed by atoms with Gasteiger partial charge in [0.1, 0.15) is 6.10 Å². The van der Waals surface area contributed by atoms with Crippen LogP contribution in [0.2, 0.25) is 0 Å². The van der Waals surface area contributed by atoms with E-state index in [9.17, 15) is 4.79 Å². The van der Waals surface area contributed by atoms with Crippen molar-refractivity contribution in [3.63, 3.8) is 0 Å². The van der Waals surface area contributed by atoms with E-state index in [1.165, 1.54) is 17.3 Å². The number of hydrogen-bond donors (Lipinski definition) is 4. The molecule has 6 N–H and O–H groups in total. The van der Waals surface area contributed by atoms with Gasteiger partial charge in [-0.15, -0.1) is 0 Å². The molecule has 164 valence electrons. The molecule has 0 fully saturated rings. The smallest absolute Gasteiger partial charge is 0.252 e. The molecule has 2 heterocycles. The number of nitrogens with one attached hydrogen (secondary N) is 2. The molecule has 0 saturated carbocycles. The average Bonchev–Trinajstić information content (AvgIpc) is 3.36. The number of amides is 1. The minimum atomic E-state index is -0.560. The molecule has 0 radical (unpaired) electrons. The highest BCUT2D eigenvalue weighted by Gasteiger charge is 2.29. The van der Waals surface area contributed by atoms with Gasteiger partial charge >= 0.3 is 0 Å². The van der Waals surface area contributed by atoms with E-state index in [0.29, 0.717) is 43.8 Å². The lowest BCUT2D eigenvalue weighted by Gasteiger charge is -2.20. The van der Waals surface area contributed by atoms with Crippen molar-refractivity contribution in [1.82, 2.24) is 20.3 Å². The van der Waals surface area contributed by atoms with Gasteiger partial charge in [-0.3, -0.25) is 10.6 Å². The first-order chi connectivity index (χ1) is 15.0. The Morgan fingerprint density at radius 3 is 2.74 bits per heavy atom. The van der Waals surface area contributed by atoms with Crippen LogP contribution in [0.4, 0.5) is 5.95 Å². The summed E-state index contributed by atoms with van der Waals surface area (Å²) < 4.78 is 5.65. The summed E-state index contributed by atoms with van der Waals surface area (Å²) in [6.07, 6.45) is 5.19. The zero-order valence-corrected chi connectivity index (χ0v) is 17.7. The summed E-state index contributed by atoms with van der Waals surface area (Å²) >= 11 is 0. The van der Waals surface area contributed by atoms with Crippen LogP contribution < -0.4 is 22.3 Å². The highest BCUT2D eigenvalue weighted by molar-refractivity contribution is 5.81. The van der Waals surface area contributed by atoms with E-state index in [2.05, 4.69) is 45.0 Å². The van der Waals surface area contributed by atoms with Gasteiger partial charge in [-0.05, 0) is 30.9 Å². The van der Waals surface area contributed by atoms with E-state index >= 15 is 0 Å². The van der Waals surface area contributed by atoms with Gasteiger partial charge in [-0.25, -0.2) is 9.97 Å². The molecule has 9 nitrogen and oxygen atoms in total. The van der Waals surface area contributed by atoms with Gasteiger partial charge in [-0.1, -0.05) is 24.3 Å². The van der Waals surface area contributed by atoms with E-state index < -0.39 is 6.10 Å². The second-order valence-corrected chi connectivity index (χ2v) is 8.03. The first-order valence-corrected chi connectivity index (χ1v) is 10.5. The number of carbonyl (C=O) groups is 1. The largest absolute Gasteiger partial charge is 0.401 e. The maximum atomic E-state index is 12.8. The fourth-order valence-corrected chi connectivity index (χ4v) is 4.08. The van der Waals surface area contributed by atoms with Crippen molar-refractivity contribution >= 4 is 11.9 Å². The van der Waals surface area contributed by atoms with Crippen molar-refractivity contribution in [2.24, 2.45) is 11.6 Å². The standard InChI is InChI=1S/C22H29N7O2/c1-14(31-7-6-18(23)11-26-24)21(30)29-12-17-10-25-22(28-20(17)13-29)27-19-8-15-4-2-3-5-16(15)9-19/h2-5,10-11,14,19,26H,6-9,12-13,23-24H2,1H3,(H,25,27,28)/b18-11-. The Bertz CT molecular complexity index is 953. The van der Waals surface area contributed by atoms with Gasteiger partial charge < -0.3 is 26.1 Å². The lowest BCUT2D eigenvalue weighted by Crippen LogP contribution is -2.35. The molecule has 1 aromatic carbocycles. The SMILES string of the molecule is CC(OCC/C(N)=C/NN)C(=O)N1Cc2cnc(NC3Cc4ccccc4C3)nc2C1. The molecule has 9 heteroatoms. The van der Waals surface area contributed by atoms with Crippen LogP contribution in [0.25, 0.3) is 0 Å².